The monoisotopic (exact) mass is 259 g/mol. The highest BCUT2D eigenvalue weighted by Crippen LogP contribution is 2.14. The maximum absolute atomic E-state index is 9.67. The number of hydrogen-bond donors (Lipinski definition) is 2. The number of piperidine rings is 1. The number of rotatable bonds is 3. The zero-order valence-electron chi connectivity index (χ0n) is 11.2. The van der Waals surface area contributed by atoms with Crippen molar-refractivity contribution < 1.29 is 10.2 Å². The van der Waals surface area contributed by atoms with E-state index in [2.05, 4.69) is 28.9 Å². The predicted molar refractivity (Wildman–Crippen MR) is 75.5 cm³/mol. The summed E-state index contributed by atoms with van der Waals surface area (Å²) in [5, 5.41) is 18.4. The van der Waals surface area contributed by atoms with Crippen LogP contribution >= 0.6 is 0 Å². The first-order valence-electron chi connectivity index (χ1n) is 6.87. The van der Waals surface area contributed by atoms with Crippen LogP contribution in [0.1, 0.15) is 30.4 Å². The van der Waals surface area contributed by atoms with Crippen molar-refractivity contribution in [3.8, 4) is 11.8 Å². The van der Waals surface area contributed by atoms with Crippen LogP contribution in [-0.4, -0.2) is 40.9 Å². The molecule has 1 saturated heterocycles. The van der Waals surface area contributed by atoms with Gasteiger partial charge in [0.25, 0.3) is 0 Å². The molecule has 0 spiro atoms. The van der Waals surface area contributed by atoms with Crippen LogP contribution in [0.4, 0.5) is 0 Å². The maximum Gasteiger partial charge on any atom is 0.0667 e. The molecule has 2 rings (SSSR count). The van der Waals surface area contributed by atoms with E-state index in [0.717, 1.165) is 38.0 Å². The third kappa shape index (κ3) is 4.68. The Morgan fingerprint density at radius 2 is 2.26 bits per heavy atom. The molecule has 1 aliphatic heterocycles. The molecule has 1 aromatic rings. The molecule has 3 nitrogen and oxygen atoms in total. The van der Waals surface area contributed by atoms with Crippen LogP contribution in [0.25, 0.3) is 0 Å². The predicted octanol–water partition coefficient (Wildman–Crippen LogP) is 1.38. The van der Waals surface area contributed by atoms with Gasteiger partial charge in [0.1, 0.15) is 0 Å². The number of nitrogens with zero attached hydrogens (tertiary/aromatic N) is 1. The summed E-state index contributed by atoms with van der Waals surface area (Å²) in [6.45, 7) is 2.79. The fourth-order valence-corrected chi connectivity index (χ4v) is 2.40. The SMILES string of the molecule is OCCC#Cc1cccc(CN2CCCC(O)C2)c1. The van der Waals surface area contributed by atoms with E-state index >= 15 is 0 Å². The lowest BCUT2D eigenvalue weighted by atomic mass is 10.1. The van der Waals surface area contributed by atoms with E-state index in [1.54, 1.807) is 0 Å². The number of benzene rings is 1. The summed E-state index contributed by atoms with van der Waals surface area (Å²) in [6, 6.07) is 8.18. The normalized spacial score (nSPS) is 19.8. The zero-order chi connectivity index (χ0) is 13.5. The molecule has 0 aromatic heterocycles. The van der Waals surface area contributed by atoms with Crippen molar-refractivity contribution in [1.29, 1.82) is 0 Å². The van der Waals surface area contributed by atoms with Crippen LogP contribution in [-0.2, 0) is 6.54 Å². The summed E-state index contributed by atoms with van der Waals surface area (Å²) in [5.41, 5.74) is 2.22. The molecule has 3 heteroatoms. The highest BCUT2D eigenvalue weighted by molar-refractivity contribution is 5.37. The van der Waals surface area contributed by atoms with Gasteiger partial charge in [0.05, 0.1) is 12.7 Å². The van der Waals surface area contributed by atoms with Crippen LogP contribution in [0, 0.1) is 11.8 Å². The van der Waals surface area contributed by atoms with Crippen molar-refractivity contribution in [2.45, 2.75) is 31.9 Å². The van der Waals surface area contributed by atoms with Gasteiger partial charge in [0.2, 0.25) is 0 Å². The molecular weight excluding hydrogens is 238 g/mol. The molecule has 102 valence electrons. The van der Waals surface area contributed by atoms with E-state index in [0.29, 0.717) is 6.42 Å². The maximum atomic E-state index is 9.67. The third-order valence-electron chi connectivity index (χ3n) is 3.28. The number of β-amino-alcohol motifs (C(OH)–C–C–N with tert-alkyl or cyclic N) is 1. The van der Waals surface area contributed by atoms with E-state index in [4.69, 9.17) is 5.11 Å². The Balaban J connectivity index is 1.97. The standard InChI is InChI=1S/C16H21NO2/c18-10-2-1-5-14-6-3-7-15(11-14)12-17-9-4-8-16(19)13-17/h3,6-7,11,16,18-19H,2,4,8-10,12-13H2. The summed E-state index contributed by atoms with van der Waals surface area (Å²) in [4.78, 5) is 2.29. The summed E-state index contributed by atoms with van der Waals surface area (Å²) in [5.74, 6) is 5.99. The Bertz CT molecular complexity index is 461. The molecule has 1 heterocycles. The lowest BCUT2D eigenvalue weighted by Gasteiger charge is -2.29. The van der Waals surface area contributed by atoms with Gasteiger partial charge in [0.15, 0.2) is 0 Å². The average Bonchev–Trinajstić information content (AvgIpc) is 2.39. The van der Waals surface area contributed by atoms with Gasteiger partial charge >= 0.3 is 0 Å². The van der Waals surface area contributed by atoms with Crippen LogP contribution in [0.3, 0.4) is 0 Å². The zero-order valence-corrected chi connectivity index (χ0v) is 11.2. The largest absolute Gasteiger partial charge is 0.395 e. The van der Waals surface area contributed by atoms with Gasteiger partial charge < -0.3 is 10.2 Å². The van der Waals surface area contributed by atoms with Crippen LogP contribution in [0.15, 0.2) is 24.3 Å². The Morgan fingerprint density at radius 3 is 3.05 bits per heavy atom. The number of hydrogen-bond acceptors (Lipinski definition) is 3. The number of likely N-dealkylation sites (tertiary alicyclic amines) is 1. The molecule has 1 atom stereocenters. The van der Waals surface area contributed by atoms with Gasteiger partial charge in [-0.3, -0.25) is 4.90 Å². The first-order valence-corrected chi connectivity index (χ1v) is 6.87. The molecule has 0 bridgehead atoms. The smallest absolute Gasteiger partial charge is 0.0667 e. The molecule has 19 heavy (non-hydrogen) atoms. The van der Waals surface area contributed by atoms with Gasteiger partial charge in [0, 0.05) is 25.1 Å². The van der Waals surface area contributed by atoms with Gasteiger partial charge in [-0.05, 0) is 37.1 Å². The molecule has 1 fully saturated rings. The fraction of sp³-hybridized carbons (Fsp3) is 0.500. The van der Waals surface area contributed by atoms with Crippen LogP contribution < -0.4 is 0 Å². The van der Waals surface area contributed by atoms with Gasteiger partial charge in [-0.25, -0.2) is 0 Å². The highest BCUT2D eigenvalue weighted by Gasteiger charge is 2.17. The fourth-order valence-electron chi connectivity index (χ4n) is 2.40. The molecule has 1 unspecified atom stereocenters. The van der Waals surface area contributed by atoms with E-state index in [9.17, 15) is 5.11 Å². The lowest BCUT2D eigenvalue weighted by molar-refractivity contribution is 0.0668. The van der Waals surface area contributed by atoms with Crippen molar-refractivity contribution in [1.82, 2.24) is 4.90 Å². The van der Waals surface area contributed by atoms with E-state index in [1.807, 2.05) is 12.1 Å². The first kappa shape index (κ1) is 14.1. The van der Waals surface area contributed by atoms with Crippen molar-refractivity contribution in [3.05, 3.63) is 35.4 Å². The number of aliphatic hydroxyl groups excluding tert-OH is 2. The molecule has 0 radical (unpaired) electrons. The molecular formula is C16H21NO2. The third-order valence-corrected chi connectivity index (χ3v) is 3.28. The minimum Gasteiger partial charge on any atom is -0.395 e. The number of aliphatic hydroxyl groups is 2. The highest BCUT2D eigenvalue weighted by atomic mass is 16.3. The Morgan fingerprint density at radius 1 is 1.37 bits per heavy atom. The summed E-state index contributed by atoms with van der Waals surface area (Å²) in [6.07, 6.45) is 2.32. The molecule has 0 amide bonds. The van der Waals surface area contributed by atoms with Crippen molar-refractivity contribution in [3.63, 3.8) is 0 Å². The molecule has 2 N–H and O–H groups in total. The molecule has 1 aromatic carbocycles. The molecule has 1 aliphatic rings. The summed E-state index contributed by atoms with van der Waals surface area (Å²) in [7, 11) is 0. The van der Waals surface area contributed by atoms with E-state index < -0.39 is 0 Å². The van der Waals surface area contributed by atoms with Crippen LogP contribution in [0.2, 0.25) is 0 Å². The van der Waals surface area contributed by atoms with Gasteiger partial charge in [-0.1, -0.05) is 24.0 Å². The van der Waals surface area contributed by atoms with Crippen molar-refractivity contribution in [2.24, 2.45) is 0 Å². The van der Waals surface area contributed by atoms with Crippen LogP contribution in [0.5, 0.6) is 0 Å². The second-order valence-corrected chi connectivity index (χ2v) is 5.01. The Hall–Kier alpha value is -1.34. The Labute approximate surface area is 114 Å². The Kier molecular flexibility index (Phi) is 5.41. The summed E-state index contributed by atoms with van der Waals surface area (Å²) < 4.78 is 0. The van der Waals surface area contributed by atoms with E-state index in [-0.39, 0.29) is 12.7 Å². The minimum atomic E-state index is -0.179. The van der Waals surface area contributed by atoms with Crippen molar-refractivity contribution >= 4 is 0 Å². The first-order chi connectivity index (χ1) is 9.28. The van der Waals surface area contributed by atoms with Gasteiger partial charge in [-0.15, -0.1) is 0 Å². The second-order valence-electron chi connectivity index (χ2n) is 5.01. The topological polar surface area (TPSA) is 43.7 Å². The quantitative estimate of drug-likeness (QED) is 0.806. The average molecular weight is 259 g/mol. The second kappa shape index (κ2) is 7.30. The minimum absolute atomic E-state index is 0.109. The molecule has 0 aliphatic carbocycles. The van der Waals surface area contributed by atoms with Crippen molar-refractivity contribution in [2.75, 3.05) is 19.7 Å². The molecule has 0 saturated carbocycles. The van der Waals surface area contributed by atoms with E-state index in [1.165, 1.54) is 5.56 Å². The lowest BCUT2D eigenvalue weighted by Crippen LogP contribution is -2.37. The summed E-state index contributed by atoms with van der Waals surface area (Å²) >= 11 is 0. The van der Waals surface area contributed by atoms with Gasteiger partial charge in [-0.2, -0.15) is 0 Å².